The summed E-state index contributed by atoms with van der Waals surface area (Å²) < 4.78 is 16.4. The molecule has 0 bridgehead atoms. The molecule has 0 atom stereocenters. The molecule has 0 saturated heterocycles. The fourth-order valence-electron chi connectivity index (χ4n) is 10.2. The van der Waals surface area contributed by atoms with Crippen molar-refractivity contribution >= 4 is 92.4 Å². The molecule has 0 amide bonds. The lowest BCUT2D eigenvalue weighted by molar-refractivity contribution is 0.660. The zero-order chi connectivity index (χ0) is 40.4. The van der Waals surface area contributed by atoms with Crippen molar-refractivity contribution in [2.75, 3.05) is 4.90 Å². The monoisotopic (exact) mass is 799 g/mol. The standard InChI is InChI=1S/C57H37NO2S/c1-57(2)45-20-9-6-15-38(45)39-28-27-37(33-46(39)57)58(36-25-23-35(24-26-36)34-13-4-3-5-14-34)47-30-29-41(43-19-12-18-42-40-16-8-11-22-51(40)61-56(42)43)53-54-50(60-55(47)53)32-31-49-52(54)44-17-7-10-21-48(44)59-49/h3-33H,1-2H3. The fraction of sp³-hybridized carbons (Fsp3) is 0.0526. The first kappa shape index (κ1) is 34.5. The van der Waals surface area contributed by atoms with Crippen molar-refractivity contribution < 1.29 is 8.83 Å². The molecule has 0 fully saturated rings. The van der Waals surface area contributed by atoms with Crippen molar-refractivity contribution in [1.29, 1.82) is 0 Å². The Bertz CT molecular complexity index is 3740. The summed E-state index contributed by atoms with van der Waals surface area (Å²) >= 11 is 1.86. The van der Waals surface area contributed by atoms with Gasteiger partial charge in [-0.3, -0.25) is 0 Å². The summed E-state index contributed by atoms with van der Waals surface area (Å²) in [4.78, 5) is 2.40. The number of thiophene rings is 1. The van der Waals surface area contributed by atoms with Crippen LogP contribution < -0.4 is 4.90 Å². The first-order chi connectivity index (χ1) is 30.0. The molecular formula is C57H37NO2S. The molecule has 3 heterocycles. The summed E-state index contributed by atoms with van der Waals surface area (Å²) in [6.07, 6.45) is 0. The highest BCUT2D eigenvalue weighted by Crippen LogP contribution is 2.53. The van der Waals surface area contributed by atoms with E-state index in [0.29, 0.717) is 0 Å². The van der Waals surface area contributed by atoms with E-state index in [-0.39, 0.29) is 5.41 Å². The van der Waals surface area contributed by atoms with Crippen LogP contribution in [0.15, 0.2) is 197 Å². The lowest BCUT2D eigenvalue weighted by Gasteiger charge is -2.28. The average Bonchev–Trinajstić information content (AvgIpc) is 4.06. The van der Waals surface area contributed by atoms with Crippen molar-refractivity contribution in [1.82, 2.24) is 0 Å². The molecule has 9 aromatic carbocycles. The molecule has 0 aliphatic heterocycles. The summed E-state index contributed by atoms with van der Waals surface area (Å²) in [5.74, 6) is 0. The number of hydrogen-bond donors (Lipinski definition) is 0. The number of rotatable bonds is 5. The maximum Gasteiger partial charge on any atom is 0.160 e. The summed E-state index contributed by atoms with van der Waals surface area (Å²) in [5, 5.41) is 6.85. The molecule has 0 N–H and O–H groups in total. The van der Waals surface area contributed by atoms with Gasteiger partial charge in [0, 0.05) is 64.1 Å². The van der Waals surface area contributed by atoms with Crippen LogP contribution in [0.3, 0.4) is 0 Å². The van der Waals surface area contributed by atoms with E-state index in [2.05, 4.69) is 201 Å². The summed E-state index contributed by atoms with van der Waals surface area (Å²) in [5.41, 5.74) is 16.3. The Balaban J connectivity index is 1.12. The van der Waals surface area contributed by atoms with Gasteiger partial charge < -0.3 is 13.7 Å². The summed E-state index contributed by atoms with van der Waals surface area (Å²) in [7, 11) is 0. The van der Waals surface area contributed by atoms with E-state index >= 15 is 0 Å². The van der Waals surface area contributed by atoms with E-state index in [0.717, 1.165) is 66.5 Å². The second-order valence-corrected chi connectivity index (χ2v) is 17.8. The van der Waals surface area contributed by atoms with Gasteiger partial charge in [-0.25, -0.2) is 0 Å². The predicted octanol–water partition coefficient (Wildman–Crippen LogP) is 17.0. The van der Waals surface area contributed by atoms with Crippen LogP contribution in [-0.2, 0) is 5.41 Å². The maximum atomic E-state index is 7.26. The van der Waals surface area contributed by atoms with Crippen LogP contribution in [0.1, 0.15) is 25.0 Å². The number of anilines is 3. The van der Waals surface area contributed by atoms with Crippen molar-refractivity contribution in [3.63, 3.8) is 0 Å². The van der Waals surface area contributed by atoms with Crippen LogP contribution in [0.4, 0.5) is 17.1 Å². The SMILES string of the molecule is CC1(C)c2ccccc2-c2ccc(N(c3ccc(-c4ccccc4)cc3)c3ccc(-c4cccc5c4sc4ccccc45)c4c3oc3ccc5oc6ccccc6c5c34)cc21. The normalized spacial score (nSPS) is 13.2. The van der Waals surface area contributed by atoms with Gasteiger partial charge in [0.25, 0.3) is 0 Å². The minimum Gasteiger partial charge on any atom is -0.456 e. The predicted molar refractivity (Wildman–Crippen MR) is 257 cm³/mol. The van der Waals surface area contributed by atoms with Crippen LogP contribution in [0.5, 0.6) is 0 Å². The third-order valence-electron chi connectivity index (χ3n) is 13.1. The van der Waals surface area contributed by atoms with E-state index in [4.69, 9.17) is 8.83 Å². The molecule has 61 heavy (non-hydrogen) atoms. The summed E-state index contributed by atoms with van der Waals surface area (Å²) in [6, 6.07) is 68.0. The van der Waals surface area contributed by atoms with Gasteiger partial charge in [-0.2, -0.15) is 0 Å². The molecule has 0 saturated carbocycles. The van der Waals surface area contributed by atoms with Gasteiger partial charge in [0.15, 0.2) is 5.58 Å². The molecule has 0 spiro atoms. The van der Waals surface area contributed by atoms with Crippen molar-refractivity contribution in [2.45, 2.75) is 19.3 Å². The molecule has 3 nitrogen and oxygen atoms in total. The lowest BCUT2D eigenvalue weighted by Crippen LogP contribution is -2.16. The molecule has 288 valence electrons. The third-order valence-corrected chi connectivity index (χ3v) is 14.3. The molecule has 4 heteroatoms. The third kappa shape index (κ3) is 4.97. The summed E-state index contributed by atoms with van der Waals surface area (Å²) in [6.45, 7) is 4.70. The number of para-hydroxylation sites is 1. The van der Waals surface area contributed by atoms with Gasteiger partial charge in [-0.15, -0.1) is 11.3 Å². The largest absolute Gasteiger partial charge is 0.456 e. The highest BCUT2D eigenvalue weighted by molar-refractivity contribution is 7.26. The number of hydrogen-bond acceptors (Lipinski definition) is 4. The average molecular weight is 800 g/mol. The maximum absolute atomic E-state index is 7.26. The van der Waals surface area contributed by atoms with E-state index in [1.807, 2.05) is 17.4 Å². The number of furan rings is 2. The number of nitrogens with zero attached hydrogens (tertiary/aromatic N) is 1. The highest BCUT2D eigenvalue weighted by Gasteiger charge is 2.36. The minimum atomic E-state index is -0.166. The topological polar surface area (TPSA) is 29.5 Å². The van der Waals surface area contributed by atoms with E-state index in [9.17, 15) is 0 Å². The smallest absolute Gasteiger partial charge is 0.160 e. The Morgan fingerprint density at radius 3 is 1.95 bits per heavy atom. The second-order valence-electron chi connectivity index (χ2n) is 16.8. The fourth-order valence-corrected chi connectivity index (χ4v) is 11.4. The lowest BCUT2D eigenvalue weighted by atomic mass is 9.82. The first-order valence-corrected chi connectivity index (χ1v) is 21.7. The van der Waals surface area contributed by atoms with Crippen molar-refractivity contribution in [2.24, 2.45) is 0 Å². The zero-order valence-corrected chi connectivity index (χ0v) is 34.4. The number of benzene rings is 9. The molecule has 1 aliphatic carbocycles. The molecule has 13 rings (SSSR count). The Morgan fingerprint density at radius 2 is 1.08 bits per heavy atom. The highest BCUT2D eigenvalue weighted by atomic mass is 32.1. The molecule has 0 unspecified atom stereocenters. The Labute approximate surface area is 356 Å². The van der Waals surface area contributed by atoms with Crippen LogP contribution in [0.2, 0.25) is 0 Å². The van der Waals surface area contributed by atoms with Crippen molar-refractivity contribution in [3.05, 3.63) is 199 Å². The van der Waals surface area contributed by atoms with Crippen LogP contribution >= 0.6 is 11.3 Å². The van der Waals surface area contributed by atoms with Gasteiger partial charge in [0.2, 0.25) is 0 Å². The van der Waals surface area contributed by atoms with Gasteiger partial charge in [0.05, 0.1) is 5.69 Å². The van der Waals surface area contributed by atoms with Crippen LogP contribution in [0, 0.1) is 0 Å². The Morgan fingerprint density at radius 1 is 0.426 bits per heavy atom. The van der Waals surface area contributed by atoms with Gasteiger partial charge in [-0.05, 0) is 93.5 Å². The quantitative estimate of drug-likeness (QED) is 0.174. The number of fused-ring (bicyclic) bond motifs is 13. The van der Waals surface area contributed by atoms with Gasteiger partial charge in [-0.1, -0.05) is 147 Å². The van der Waals surface area contributed by atoms with E-state index in [1.165, 1.54) is 59.1 Å². The van der Waals surface area contributed by atoms with Gasteiger partial charge in [0.1, 0.15) is 16.7 Å². The minimum absolute atomic E-state index is 0.166. The van der Waals surface area contributed by atoms with Gasteiger partial charge >= 0.3 is 0 Å². The molecular weight excluding hydrogens is 763 g/mol. The molecule has 3 aromatic heterocycles. The first-order valence-electron chi connectivity index (χ1n) is 20.9. The molecule has 12 aromatic rings. The molecule has 0 radical (unpaired) electrons. The van der Waals surface area contributed by atoms with E-state index in [1.54, 1.807) is 0 Å². The van der Waals surface area contributed by atoms with E-state index < -0.39 is 0 Å². The zero-order valence-electron chi connectivity index (χ0n) is 33.6. The second kappa shape index (κ2) is 12.8. The molecule has 1 aliphatic rings. The van der Waals surface area contributed by atoms with Crippen LogP contribution in [-0.4, -0.2) is 0 Å². The Hall–Kier alpha value is -7.40. The van der Waals surface area contributed by atoms with Crippen molar-refractivity contribution in [3.8, 4) is 33.4 Å². The van der Waals surface area contributed by atoms with Crippen LogP contribution in [0.25, 0.3) is 97.4 Å². The Kier molecular flexibility index (Phi) is 7.23.